The third kappa shape index (κ3) is 3.55. The second kappa shape index (κ2) is 7.09. The molecule has 3 aliphatic rings. The number of amides is 1. The third-order valence-corrected chi connectivity index (χ3v) is 8.46. The van der Waals surface area contributed by atoms with E-state index in [1.165, 1.54) is 4.31 Å². The number of rotatable bonds is 4. The molecule has 2 aromatic rings. The largest absolute Gasteiger partial charge is 0.297 e. The van der Waals surface area contributed by atoms with Crippen molar-refractivity contribution in [2.45, 2.75) is 49.5 Å². The molecular weight excluding hydrogens is 426 g/mol. The van der Waals surface area contributed by atoms with E-state index in [9.17, 15) is 22.0 Å². The lowest BCUT2D eigenvalue weighted by atomic mass is 9.83. The Labute approximate surface area is 179 Å². The van der Waals surface area contributed by atoms with Gasteiger partial charge in [0, 0.05) is 31.8 Å². The minimum Gasteiger partial charge on any atom is -0.297 e. The number of hydrogen-bond acceptors (Lipinski definition) is 4. The molecular formula is C21H24F2N4O3S. The lowest BCUT2D eigenvalue weighted by Crippen LogP contribution is -2.55. The van der Waals surface area contributed by atoms with Crippen molar-refractivity contribution in [1.29, 1.82) is 0 Å². The van der Waals surface area contributed by atoms with Gasteiger partial charge in [0.05, 0.1) is 22.5 Å². The molecule has 2 aliphatic heterocycles. The molecule has 0 atom stereocenters. The maximum absolute atomic E-state index is 13.6. The van der Waals surface area contributed by atoms with Gasteiger partial charge in [0.2, 0.25) is 15.9 Å². The average molecular weight is 451 g/mol. The van der Waals surface area contributed by atoms with Crippen LogP contribution in [0.15, 0.2) is 29.2 Å². The summed E-state index contributed by atoms with van der Waals surface area (Å²) < 4.78 is 56.2. The zero-order valence-corrected chi connectivity index (χ0v) is 18.0. The number of piperidine rings is 1. The number of carbonyl (C=O) groups excluding carboxylic acids is 1. The van der Waals surface area contributed by atoms with Crippen LogP contribution in [0.25, 0.3) is 0 Å². The van der Waals surface area contributed by atoms with Crippen LogP contribution in [-0.4, -0.2) is 48.0 Å². The van der Waals surface area contributed by atoms with Gasteiger partial charge in [-0.3, -0.25) is 9.69 Å². The van der Waals surface area contributed by atoms with Crippen LogP contribution in [0.1, 0.15) is 37.8 Å². The monoisotopic (exact) mass is 450 g/mol. The molecule has 0 bridgehead atoms. The molecule has 166 valence electrons. The number of aryl methyl sites for hydroxylation is 1. The molecule has 31 heavy (non-hydrogen) atoms. The van der Waals surface area contributed by atoms with Gasteiger partial charge in [-0.25, -0.2) is 21.9 Å². The predicted molar refractivity (Wildman–Crippen MR) is 109 cm³/mol. The molecule has 2 fully saturated rings. The van der Waals surface area contributed by atoms with Crippen molar-refractivity contribution >= 4 is 21.7 Å². The van der Waals surface area contributed by atoms with E-state index in [0.717, 1.165) is 36.5 Å². The number of fused-ring (bicyclic) bond motifs is 2. The van der Waals surface area contributed by atoms with Crippen LogP contribution >= 0.6 is 0 Å². The number of carbonyl (C=O) groups is 1. The topological polar surface area (TPSA) is 75.5 Å². The first-order valence-electron chi connectivity index (χ1n) is 10.5. The van der Waals surface area contributed by atoms with Crippen molar-refractivity contribution in [3.05, 3.63) is 41.6 Å². The van der Waals surface area contributed by atoms with Crippen molar-refractivity contribution in [2.75, 3.05) is 24.5 Å². The summed E-state index contributed by atoms with van der Waals surface area (Å²) in [6, 6.07) is 4.22. The summed E-state index contributed by atoms with van der Waals surface area (Å²) in [5.74, 6) is -0.498. The SMILES string of the molecule is Cc1cc2n(n1)C1(CCN(S(=O)(=O)c3cc(F)cc(F)c3)CC1)CC(=O)N2CC1CC1. The molecule has 1 saturated heterocycles. The van der Waals surface area contributed by atoms with Crippen molar-refractivity contribution in [2.24, 2.45) is 5.92 Å². The lowest BCUT2D eigenvalue weighted by molar-refractivity contribution is -0.122. The van der Waals surface area contributed by atoms with Crippen LogP contribution in [0.5, 0.6) is 0 Å². The standard InChI is InChI=1S/C21H24F2N4O3S/c1-14-8-19-26(13-15-2-3-15)20(28)12-21(27(19)24-14)4-6-25(7-5-21)31(29,30)18-10-16(22)9-17(23)11-18/h8-11,15H,2-7,12-13H2,1H3. The lowest BCUT2D eigenvalue weighted by Gasteiger charge is -2.46. The Morgan fingerprint density at radius 3 is 2.35 bits per heavy atom. The van der Waals surface area contributed by atoms with Crippen molar-refractivity contribution in [3.63, 3.8) is 0 Å². The van der Waals surface area contributed by atoms with Crippen LogP contribution in [0, 0.1) is 24.5 Å². The Morgan fingerprint density at radius 1 is 1.10 bits per heavy atom. The van der Waals surface area contributed by atoms with Gasteiger partial charge >= 0.3 is 0 Å². The van der Waals surface area contributed by atoms with Gasteiger partial charge in [0.15, 0.2) is 0 Å². The summed E-state index contributed by atoms with van der Waals surface area (Å²) >= 11 is 0. The van der Waals surface area contributed by atoms with Crippen molar-refractivity contribution < 1.29 is 22.0 Å². The Hall–Kier alpha value is -2.33. The zero-order valence-electron chi connectivity index (χ0n) is 17.2. The summed E-state index contributed by atoms with van der Waals surface area (Å²) in [7, 11) is -4.04. The van der Waals surface area contributed by atoms with E-state index < -0.39 is 32.1 Å². The van der Waals surface area contributed by atoms with E-state index >= 15 is 0 Å². The highest BCUT2D eigenvalue weighted by Gasteiger charge is 2.48. The maximum atomic E-state index is 13.6. The maximum Gasteiger partial charge on any atom is 0.243 e. The van der Waals surface area contributed by atoms with Crippen LogP contribution in [0.4, 0.5) is 14.6 Å². The number of hydrogen-bond donors (Lipinski definition) is 0. The van der Waals surface area contributed by atoms with Gasteiger partial charge in [0.25, 0.3) is 0 Å². The number of sulfonamides is 1. The summed E-state index contributed by atoms with van der Waals surface area (Å²) in [6.45, 7) is 2.88. The number of anilines is 1. The quantitative estimate of drug-likeness (QED) is 0.718. The molecule has 10 heteroatoms. The van der Waals surface area contributed by atoms with E-state index in [1.54, 1.807) is 0 Å². The first kappa shape index (κ1) is 20.6. The van der Waals surface area contributed by atoms with E-state index in [-0.39, 0.29) is 25.4 Å². The molecule has 1 saturated carbocycles. The molecule has 3 heterocycles. The first-order valence-corrected chi connectivity index (χ1v) is 12.0. The van der Waals surface area contributed by atoms with E-state index in [1.807, 2.05) is 22.6 Å². The van der Waals surface area contributed by atoms with Crippen LogP contribution < -0.4 is 4.90 Å². The van der Waals surface area contributed by atoms with Gasteiger partial charge in [-0.05, 0) is 50.7 Å². The fourth-order valence-corrected chi connectivity index (χ4v) is 6.20. The van der Waals surface area contributed by atoms with Crippen LogP contribution in [0.3, 0.4) is 0 Å². The van der Waals surface area contributed by atoms with Gasteiger partial charge in [-0.15, -0.1) is 0 Å². The molecule has 0 radical (unpaired) electrons. The molecule has 7 nitrogen and oxygen atoms in total. The van der Waals surface area contributed by atoms with E-state index in [2.05, 4.69) is 5.10 Å². The van der Waals surface area contributed by atoms with Gasteiger partial charge < -0.3 is 0 Å². The Kier molecular flexibility index (Phi) is 4.71. The minimum atomic E-state index is -4.04. The molecule has 1 aromatic carbocycles. The van der Waals surface area contributed by atoms with Gasteiger partial charge in [-0.2, -0.15) is 9.40 Å². The minimum absolute atomic E-state index is 0.0443. The number of halogens is 2. The van der Waals surface area contributed by atoms with Crippen molar-refractivity contribution in [1.82, 2.24) is 14.1 Å². The summed E-state index contributed by atoms with van der Waals surface area (Å²) in [5, 5.41) is 4.66. The second-order valence-corrected chi connectivity index (χ2v) is 10.9. The highest BCUT2D eigenvalue weighted by atomic mass is 32.2. The fraction of sp³-hybridized carbons (Fsp3) is 0.524. The molecule has 0 unspecified atom stereocenters. The molecule has 1 aromatic heterocycles. The normalized spacial score (nSPS) is 21.5. The van der Waals surface area contributed by atoms with E-state index in [0.29, 0.717) is 31.4 Å². The summed E-state index contributed by atoms with van der Waals surface area (Å²) in [4.78, 5) is 14.5. The van der Waals surface area contributed by atoms with Crippen LogP contribution in [0.2, 0.25) is 0 Å². The van der Waals surface area contributed by atoms with Gasteiger partial charge in [0.1, 0.15) is 17.5 Å². The highest BCUT2D eigenvalue weighted by Crippen LogP contribution is 2.43. The average Bonchev–Trinajstić information content (AvgIpc) is 3.43. The molecule has 1 aliphatic carbocycles. The smallest absolute Gasteiger partial charge is 0.243 e. The number of benzene rings is 1. The summed E-state index contributed by atoms with van der Waals surface area (Å²) in [6.07, 6.45) is 3.35. The van der Waals surface area contributed by atoms with Crippen molar-refractivity contribution in [3.8, 4) is 0 Å². The first-order chi connectivity index (χ1) is 14.7. The van der Waals surface area contributed by atoms with Crippen LogP contribution in [-0.2, 0) is 20.4 Å². The van der Waals surface area contributed by atoms with Gasteiger partial charge in [-0.1, -0.05) is 0 Å². The molecule has 1 amide bonds. The number of aromatic nitrogens is 2. The Morgan fingerprint density at radius 2 is 1.74 bits per heavy atom. The molecule has 5 rings (SSSR count). The number of nitrogens with zero attached hydrogens (tertiary/aromatic N) is 4. The molecule has 1 spiro atoms. The van der Waals surface area contributed by atoms with E-state index in [4.69, 9.17) is 0 Å². The Balaban J connectivity index is 1.41. The molecule has 0 N–H and O–H groups in total. The predicted octanol–water partition coefficient (Wildman–Crippen LogP) is 2.80. The fourth-order valence-electron chi connectivity index (χ4n) is 4.72. The Bertz CT molecular complexity index is 1130. The zero-order chi connectivity index (χ0) is 22.0. The second-order valence-electron chi connectivity index (χ2n) is 8.91. The summed E-state index contributed by atoms with van der Waals surface area (Å²) in [5.41, 5.74) is 0.232. The highest BCUT2D eigenvalue weighted by molar-refractivity contribution is 7.89. The third-order valence-electron chi connectivity index (χ3n) is 6.58.